The lowest BCUT2D eigenvalue weighted by atomic mass is 10.3. The van der Waals surface area contributed by atoms with Crippen LogP contribution in [0.15, 0.2) is 18.2 Å². The maximum absolute atomic E-state index is 11.8. The summed E-state index contributed by atoms with van der Waals surface area (Å²) in [6.07, 6.45) is 0.759. The molecule has 20 heavy (non-hydrogen) atoms. The van der Waals surface area contributed by atoms with Crippen molar-refractivity contribution in [2.45, 2.75) is 12.8 Å². The maximum Gasteiger partial charge on any atom is 0.225 e. The average molecular weight is 335 g/mol. The van der Waals surface area contributed by atoms with Gasteiger partial charge in [-0.2, -0.15) is 0 Å². The number of thiocarbonyl (C=S) groups is 1. The van der Waals surface area contributed by atoms with E-state index in [0.29, 0.717) is 33.7 Å². The third-order valence-electron chi connectivity index (χ3n) is 2.61. The Morgan fingerprint density at radius 3 is 2.75 bits per heavy atom. The highest BCUT2D eigenvalue weighted by atomic mass is 35.5. The molecule has 0 bridgehead atoms. The first-order valence-electron chi connectivity index (χ1n) is 6.01. The molecule has 2 N–H and O–H groups in total. The molecule has 1 aromatic carbocycles. The van der Waals surface area contributed by atoms with Crippen molar-refractivity contribution in [2.24, 2.45) is 5.73 Å². The van der Waals surface area contributed by atoms with Crippen LogP contribution in [-0.4, -0.2) is 36.0 Å². The molecule has 0 fully saturated rings. The third-order valence-corrected chi connectivity index (χ3v) is 3.61. The van der Waals surface area contributed by atoms with Crippen molar-refractivity contribution in [2.75, 3.05) is 20.2 Å². The van der Waals surface area contributed by atoms with Crippen molar-refractivity contribution < 1.29 is 9.53 Å². The first-order chi connectivity index (χ1) is 9.41. The topological polar surface area (TPSA) is 55.6 Å². The summed E-state index contributed by atoms with van der Waals surface area (Å²) in [5.74, 6) is 0.428. The van der Waals surface area contributed by atoms with E-state index in [-0.39, 0.29) is 18.9 Å². The zero-order chi connectivity index (χ0) is 15.1. The van der Waals surface area contributed by atoms with E-state index in [0.717, 1.165) is 0 Å². The Morgan fingerprint density at radius 2 is 2.10 bits per heavy atom. The minimum absolute atomic E-state index is 0.0422. The van der Waals surface area contributed by atoms with E-state index in [1.165, 1.54) is 0 Å². The van der Waals surface area contributed by atoms with Gasteiger partial charge in [-0.1, -0.05) is 41.5 Å². The molecule has 0 heterocycles. The highest BCUT2D eigenvalue weighted by Crippen LogP contribution is 2.31. The van der Waals surface area contributed by atoms with Crippen molar-refractivity contribution in [3.8, 4) is 5.75 Å². The van der Waals surface area contributed by atoms with Crippen molar-refractivity contribution in [3.05, 3.63) is 28.2 Å². The van der Waals surface area contributed by atoms with Crippen LogP contribution in [0.1, 0.15) is 12.8 Å². The van der Waals surface area contributed by atoms with Gasteiger partial charge in [0.25, 0.3) is 0 Å². The minimum atomic E-state index is -0.0422. The standard InChI is InChI=1S/C13H16Cl2N2O2S/c1-17(7-5-11(16)20)12(18)6-8-19-10-4-2-3-9(14)13(10)15/h2-4H,5-8H2,1H3,(H2,16,20). The number of amides is 1. The Kier molecular flexibility index (Phi) is 7.05. The molecule has 0 unspecified atom stereocenters. The lowest BCUT2D eigenvalue weighted by Crippen LogP contribution is -2.30. The summed E-state index contributed by atoms with van der Waals surface area (Å²) in [7, 11) is 1.70. The smallest absolute Gasteiger partial charge is 0.225 e. The van der Waals surface area contributed by atoms with Gasteiger partial charge < -0.3 is 15.4 Å². The number of rotatable bonds is 7. The molecule has 0 aromatic heterocycles. The van der Waals surface area contributed by atoms with Crippen LogP contribution in [0.3, 0.4) is 0 Å². The minimum Gasteiger partial charge on any atom is -0.491 e. The molecule has 110 valence electrons. The number of halogens is 2. The molecule has 0 atom stereocenters. The summed E-state index contributed by atoms with van der Waals surface area (Å²) < 4.78 is 5.45. The zero-order valence-electron chi connectivity index (χ0n) is 11.1. The summed E-state index contributed by atoms with van der Waals surface area (Å²) in [6.45, 7) is 0.738. The van der Waals surface area contributed by atoms with Crippen molar-refractivity contribution in [3.63, 3.8) is 0 Å². The van der Waals surface area contributed by atoms with Crippen LogP contribution in [-0.2, 0) is 4.79 Å². The molecule has 1 aromatic rings. The van der Waals surface area contributed by atoms with Gasteiger partial charge in [-0.3, -0.25) is 4.79 Å². The van der Waals surface area contributed by atoms with Gasteiger partial charge in [0.2, 0.25) is 5.91 Å². The Balaban J connectivity index is 2.38. The normalized spacial score (nSPS) is 10.2. The largest absolute Gasteiger partial charge is 0.491 e. The van der Waals surface area contributed by atoms with Gasteiger partial charge >= 0.3 is 0 Å². The predicted molar refractivity (Wildman–Crippen MR) is 85.6 cm³/mol. The molecule has 0 aliphatic carbocycles. The van der Waals surface area contributed by atoms with Gasteiger partial charge in [0.05, 0.1) is 23.0 Å². The van der Waals surface area contributed by atoms with Gasteiger partial charge in [0.15, 0.2) is 0 Å². The van der Waals surface area contributed by atoms with Crippen LogP contribution >= 0.6 is 35.4 Å². The van der Waals surface area contributed by atoms with Gasteiger partial charge in [-0.25, -0.2) is 0 Å². The molecule has 0 radical (unpaired) electrons. The van der Waals surface area contributed by atoms with Gasteiger partial charge in [-0.15, -0.1) is 0 Å². The number of carbonyl (C=O) groups is 1. The Morgan fingerprint density at radius 1 is 1.40 bits per heavy atom. The van der Waals surface area contributed by atoms with Crippen LogP contribution < -0.4 is 10.5 Å². The molecule has 4 nitrogen and oxygen atoms in total. The summed E-state index contributed by atoms with van der Waals surface area (Å²) in [5, 5.41) is 0.771. The molecule has 7 heteroatoms. The lowest BCUT2D eigenvalue weighted by Gasteiger charge is -2.17. The van der Waals surface area contributed by atoms with Crippen molar-refractivity contribution in [1.29, 1.82) is 0 Å². The summed E-state index contributed by atoms with van der Waals surface area (Å²) in [6, 6.07) is 5.11. The fourth-order valence-electron chi connectivity index (χ4n) is 1.44. The Bertz CT molecular complexity index is 497. The first-order valence-corrected chi connectivity index (χ1v) is 7.17. The highest BCUT2D eigenvalue weighted by Gasteiger charge is 2.10. The van der Waals surface area contributed by atoms with E-state index in [1.807, 2.05) is 0 Å². The van der Waals surface area contributed by atoms with Gasteiger partial charge in [0, 0.05) is 20.0 Å². The molecule has 1 rings (SSSR count). The Labute approximate surface area is 133 Å². The summed E-state index contributed by atoms with van der Waals surface area (Å²) >= 11 is 16.6. The number of ether oxygens (including phenoxy) is 1. The molecule has 0 aliphatic heterocycles. The molecule has 0 saturated carbocycles. The molecule has 0 spiro atoms. The number of hydrogen-bond acceptors (Lipinski definition) is 3. The van der Waals surface area contributed by atoms with Crippen molar-refractivity contribution >= 4 is 46.3 Å². The van der Waals surface area contributed by atoms with Gasteiger partial charge in [0.1, 0.15) is 10.8 Å². The van der Waals surface area contributed by atoms with Crippen LogP contribution in [0.2, 0.25) is 10.0 Å². The zero-order valence-corrected chi connectivity index (χ0v) is 13.4. The van der Waals surface area contributed by atoms with E-state index in [9.17, 15) is 4.79 Å². The highest BCUT2D eigenvalue weighted by molar-refractivity contribution is 7.80. The van der Waals surface area contributed by atoms with Crippen LogP contribution in [0.25, 0.3) is 0 Å². The third kappa shape index (κ3) is 5.53. The van der Waals surface area contributed by atoms with E-state index in [2.05, 4.69) is 0 Å². The number of nitrogens with zero attached hydrogens (tertiary/aromatic N) is 1. The second kappa shape index (κ2) is 8.29. The van der Waals surface area contributed by atoms with Crippen LogP contribution in [0, 0.1) is 0 Å². The van der Waals surface area contributed by atoms with E-state index < -0.39 is 0 Å². The van der Waals surface area contributed by atoms with E-state index in [1.54, 1.807) is 30.1 Å². The maximum atomic E-state index is 11.8. The molecule has 0 saturated heterocycles. The summed E-state index contributed by atoms with van der Waals surface area (Å²) in [4.78, 5) is 13.8. The lowest BCUT2D eigenvalue weighted by molar-refractivity contribution is -0.130. The monoisotopic (exact) mass is 334 g/mol. The number of carbonyl (C=O) groups excluding carboxylic acids is 1. The number of hydrogen-bond donors (Lipinski definition) is 1. The Hall–Kier alpha value is -1.04. The summed E-state index contributed by atoms with van der Waals surface area (Å²) in [5.41, 5.74) is 5.39. The predicted octanol–water partition coefficient (Wildman–Crippen LogP) is 2.90. The van der Waals surface area contributed by atoms with E-state index in [4.69, 9.17) is 45.9 Å². The fourth-order valence-corrected chi connectivity index (χ4v) is 1.87. The van der Waals surface area contributed by atoms with Crippen LogP contribution in [0.5, 0.6) is 5.75 Å². The van der Waals surface area contributed by atoms with E-state index >= 15 is 0 Å². The molecular weight excluding hydrogens is 319 g/mol. The average Bonchev–Trinajstić information content (AvgIpc) is 2.40. The fraction of sp³-hybridized carbons (Fsp3) is 0.385. The molecule has 1 amide bonds. The second-order valence-electron chi connectivity index (χ2n) is 4.18. The van der Waals surface area contributed by atoms with Gasteiger partial charge in [-0.05, 0) is 12.1 Å². The van der Waals surface area contributed by atoms with Crippen LogP contribution in [0.4, 0.5) is 0 Å². The molecular formula is C13H16Cl2N2O2S. The first kappa shape index (κ1) is 17.0. The second-order valence-corrected chi connectivity index (χ2v) is 5.49. The number of nitrogens with two attached hydrogens (primary N) is 1. The molecule has 0 aliphatic rings. The quantitative estimate of drug-likeness (QED) is 0.779. The number of benzene rings is 1. The van der Waals surface area contributed by atoms with Crippen molar-refractivity contribution in [1.82, 2.24) is 4.90 Å². The SMILES string of the molecule is CN(CCC(N)=S)C(=O)CCOc1cccc(Cl)c1Cl.